The molecule has 1 heterocycles. The van der Waals surface area contributed by atoms with Crippen LogP contribution in [0.4, 0.5) is 0 Å². The van der Waals surface area contributed by atoms with Crippen LogP contribution < -0.4 is 5.48 Å². The van der Waals surface area contributed by atoms with Gasteiger partial charge in [0.25, 0.3) is 0 Å². The predicted molar refractivity (Wildman–Crippen MR) is 124 cm³/mol. The highest BCUT2D eigenvalue weighted by Gasteiger charge is 2.47. The summed E-state index contributed by atoms with van der Waals surface area (Å²) in [5, 5.41) is 1.97. The number of nitrogens with zero attached hydrogens (tertiary/aromatic N) is 1. The number of hydroxylamine groups is 3. The summed E-state index contributed by atoms with van der Waals surface area (Å²) >= 11 is 0. The minimum atomic E-state index is -0.379. The minimum Gasteiger partial charge on any atom is -0.462 e. The number of hydrogen-bond acceptors (Lipinski definition) is 8. The van der Waals surface area contributed by atoms with Gasteiger partial charge in [0.05, 0.1) is 27.1 Å². The standard InChI is InChI=1S/C24H46N2O6/c1-17(2)13-18(14-22(3,4)25-29-9)31-20(27)11-12-21(28)32-19-15-23(5,6)26(30-10)24(7,8)16-19/h17-19,25H,11-16H2,1-10H3. The summed E-state index contributed by atoms with van der Waals surface area (Å²) in [6, 6.07) is 0. The lowest BCUT2D eigenvalue weighted by atomic mass is 9.80. The fraction of sp³-hybridized carbons (Fsp3) is 0.917. The van der Waals surface area contributed by atoms with E-state index in [9.17, 15) is 9.59 Å². The maximum Gasteiger partial charge on any atom is 0.306 e. The molecule has 0 aromatic rings. The van der Waals surface area contributed by atoms with Crippen LogP contribution in [0.2, 0.25) is 0 Å². The second kappa shape index (κ2) is 11.8. The lowest BCUT2D eigenvalue weighted by molar-refractivity contribution is -0.278. The summed E-state index contributed by atoms with van der Waals surface area (Å²) in [4.78, 5) is 35.6. The molecule has 1 rings (SSSR count). The summed E-state index contributed by atoms with van der Waals surface area (Å²) in [6.07, 6.45) is 2.23. The zero-order valence-corrected chi connectivity index (χ0v) is 21.9. The van der Waals surface area contributed by atoms with Crippen molar-refractivity contribution in [1.82, 2.24) is 10.5 Å². The largest absolute Gasteiger partial charge is 0.462 e. The van der Waals surface area contributed by atoms with Gasteiger partial charge in [-0.1, -0.05) is 13.8 Å². The van der Waals surface area contributed by atoms with Gasteiger partial charge in [-0.15, -0.1) is 0 Å². The second-order valence-corrected chi connectivity index (χ2v) is 11.3. The molecule has 32 heavy (non-hydrogen) atoms. The van der Waals surface area contributed by atoms with E-state index in [4.69, 9.17) is 19.1 Å². The van der Waals surface area contributed by atoms with Crippen LogP contribution in [0.1, 0.15) is 93.9 Å². The zero-order chi connectivity index (χ0) is 24.7. The average molecular weight is 459 g/mol. The van der Waals surface area contributed by atoms with Crippen molar-refractivity contribution < 1.29 is 28.7 Å². The van der Waals surface area contributed by atoms with Gasteiger partial charge < -0.3 is 19.1 Å². The number of ether oxygens (including phenoxy) is 2. The van der Waals surface area contributed by atoms with E-state index in [1.54, 1.807) is 14.2 Å². The number of piperidine rings is 1. The Labute approximate surface area is 194 Å². The molecule has 1 aliphatic rings. The van der Waals surface area contributed by atoms with Crippen LogP contribution in [0.3, 0.4) is 0 Å². The van der Waals surface area contributed by atoms with Crippen LogP contribution in [0, 0.1) is 5.92 Å². The van der Waals surface area contributed by atoms with Crippen LogP contribution in [0.25, 0.3) is 0 Å². The fourth-order valence-electron chi connectivity index (χ4n) is 5.03. The Balaban J connectivity index is 2.59. The number of carbonyl (C=O) groups is 2. The summed E-state index contributed by atoms with van der Waals surface area (Å²) in [6.45, 7) is 16.5. The molecular formula is C24H46N2O6. The van der Waals surface area contributed by atoms with E-state index >= 15 is 0 Å². The monoisotopic (exact) mass is 458 g/mol. The molecule has 0 spiro atoms. The van der Waals surface area contributed by atoms with Gasteiger partial charge in [-0.05, 0) is 53.9 Å². The Morgan fingerprint density at radius 3 is 2.03 bits per heavy atom. The molecule has 1 fully saturated rings. The summed E-state index contributed by atoms with van der Waals surface area (Å²) in [7, 11) is 3.23. The number of hydrogen-bond donors (Lipinski definition) is 1. The highest BCUT2D eigenvalue weighted by atomic mass is 16.7. The molecule has 1 atom stereocenters. The van der Waals surface area contributed by atoms with Crippen LogP contribution >= 0.6 is 0 Å². The smallest absolute Gasteiger partial charge is 0.306 e. The highest BCUT2D eigenvalue weighted by Crippen LogP contribution is 2.39. The molecule has 0 saturated carbocycles. The van der Waals surface area contributed by atoms with Crippen molar-refractivity contribution in [3.8, 4) is 0 Å². The average Bonchev–Trinajstić information content (AvgIpc) is 2.56. The van der Waals surface area contributed by atoms with E-state index < -0.39 is 0 Å². The third-order valence-electron chi connectivity index (χ3n) is 5.72. The van der Waals surface area contributed by atoms with Gasteiger partial charge in [-0.2, -0.15) is 10.5 Å². The predicted octanol–water partition coefficient (Wildman–Crippen LogP) is 4.17. The molecule has 0 bridgehead atoms. The first kappa shape index (κ1) is 28.8. The number of esters is 2. The third-order valence-corrected chi connectivity index (χ3v) is 5.72. The lowest BCUT2D eigenvalue weighted by Gasteiger charge is -2.52. The maximum absolute atomic E-state index is 12.5. The molecule has 8 heteroatoms. The Morgan fingerprint density at radius 2 is 1.56 bits per heavy atom. The van der Waals surface area contributed by atoms with E-state index in [0.717, 1.165) is 6.42 Å². The number of carbonyl (C=O) groups excluding carboxylic acids is 2. The summed E-state index contributed by atoms with van der Waals surface area (Å²) in [5.74, 6) is -0.373. The summed E-state index contributed by atoms with van der Waals surface area (Å²) < 4.78 is 11.4. The van der Waals surface area contributed by atoms with Crippen molar-refractivity contribution in [2.24, 2.45) is 5.92 Å². The number of rotatable bonds is 12. The fourth-order valence-corrected chi connectivity index (χ4v) is 5.03. The minimum absolute atomic E-state index is 0.00919. The normalized spacial score (nSPS) is 20.2. The molecule has 1 saturated heterocycles. The molecule has 0 aromatic heterocycles. The first-order valence-electron chi connectivity index (χ1n) is 11.7. The molecule has 8 nitrogen and oxygen atoms in total. The molecule has 0 radical (unpaired) electrons. The SMILES string of the molecule is CONC(C)(C)CC(CC(C)C)OC(=O)CCC(=O)OC1CC(C)(C)N(OC)C(C)(C)C1. The van der Waals surface area contributed by atoms with Crippen LogP contribution in [0.5, 0.6) is 0 Å². The highest BCUT2D eigenvalue weighted by molar-refractivity contribution is 5.77. The molecule has 0 amide bonds. The Bertz CT molecular complexity index is 581. The molecule has 1 unspecified atom stereocenters. The quantitative estimate of drug-likeness (QED) is 0.344. The van der Waals surface area contributed by atoms with Crippen molar-refractivity contribution >= 4 is 11.9 Å². The van der Waals surface area contributed by atoms with Crippen molar-refractivity contribution in [1.29, 1.82) is 0 Å². The number of nitrogens with one attached hydrogen (secondary N) is 1. The first-order valence-corrected chi connectivity index (χ1v) is 11.7. The van der Waals surface area contributed by atoms with Gasteiger partial charge in [0, 0.05) is 35.9 Å². The van der Waals surface area contributed by atoms with Gasteiger partial charge in [0.15, 0.2) is 0 Å². The molecule has 1 aliphatic heterocycles. The molecule has 188 valence electrons. The second-order valence-electron chi connectivity index (χ2n) is 11.3. The molecule has 0 aromatic carbocycles. The lowest BCUT2D eigenvalue weighted by Crippen LogP contribution is -2.61. The molecular weight excluding hydrogens is 412 g/mol. The Hall–Kier alpha value is -1.22. The van der Waals surface area contributed by atoms with E-state index in [-0.39, 0.29) is 53.6 Å². The van der Waals surface area contributed by atoms with Gasteiger partial charge in [-0.25, -0.2) is 0 Å². The van der Waals surface area contributed by atoms with Crippen molar-refractivity contribution in [3.63, 3.8) is 0 Å². The van der Waals surface area contributed by atoms with Gasteiger partial charge >= 0.3 is 11.9 Å². The summed E-state index contributed by atoms with van der Waals surface area (Å²) in [5.41, 5.74) is 2.05. The Kier molecular flexibility index (Phi) is 10.6. The van der Waals surface area contributed by atoms with E-state index in [0.29, 0.717) is 25.2 Å². The zero-order valence-electron chi connectivity index (χ0n) is 21.9. The third kappa shape index (κ3) is 9.33. The topological polar surface area (TPSA) is 86.3 Å². The van der Waals surface area contributed by atoms with Crippen molar-refractivity contribution in [3.05, 3.63) is 0 Å². The van der Waals surface area contributed by atoms with Crippen molar-refractivity contribution in [2.75, 3.05) is 14.2 Å². The Morgan fingerprint density at radius 1 is 1.03 bits per heavy atom. The maximum atomic E-state index is 12.5. The first-order chi connectivity index (χ1) is 14.6. The van der Waals surface area contributed by atoms with E-state index in [2.05, 4.69) is 47.0 Å². The van der Waals surface area contributed by atoms with E-state index in [1.165, 1.54) is 0 Å². The van der Waals surface area contributed by atoms with Crippen LogP contribution in [0.15, 0.2) is 0 Å². The van der Waals surface area contributed by atoms with Crippen molar-refractivity contribution in [2.45, 2.75) is 123 Å². The van der Waals surface area contributed by atoms with E-state index in [1.807, 2.05) is 18.9 Å². The van der Waals surface area contributed by atoms with Crippen LogP contribution in [-0.2, 0) is 28.7 Å². The van der Waals surface area contributed by atoms with Gasteiger partial charge in [-0.3, -0.25) is 9.59 Å². The molecule has 1 N–H and O–H groups in total. The molecule has 0 aliphatic carbocycles. The van der Waals surface area contributed by atoms with Gasteiger partial charge in [0.2, 0.25) is 0 Å². The van der Waals surface area contributed by atoms with Crippen LogP contribution in [-0.4, -0.2) is 60.0 Å². The van der Waals surface area contributed by atoms with Gasteiger partial charge in [0.1, 0.15) is 12.2 Å².